The van der Waals surface area contributed by atoms with Crippen molar-refractivity contribution in [2.45, 2.75) is 31.7 Å². The van der Waals surface area contributed by atoms with Crippen LogP contribution in [-0.4, -0.2) is 42.2 Å². The molecule has 0 aromatic heterocycles. The summed E-state index contributed by atoms with van der Waals surface area (Å²) in [6.45, 7) is 2.01. The molecule has 4 N–H and O–H groups in total. The summed E-state index contributed by atoms with van der Waals surface area (Å²) < 4.78 is 4.85. The Labute approximate surface area is 67.0 Å². The van der Waals surface area contributed by atoms with Crippen LogP contribution in [0.25, 0.3) is 0 Å². The van der Waals surface area contributed by atoms with Gasteiger partial charge in [0.25, 0.3) is 0 Å². The zero-order valence-corrected chi connectivity index (χ0v) is 7.03. The molecule has 11 heavy (non-hydrogen) atoms. The van der Waals surface area contributed by atoms with E-state index in [1.54, 1.807) is 6.92 Å². The van der Waals surface area contributed by atoms with E-state index in [0.717, 1.165) is 0 Å². The SMILES string of the molecule is CCC(O)[C@@H](O)C(CN)OC. The molecule has 0 aliphatic rings. The third kappa shape index (κ3) is 3.16. The van der Waals surface area contributed by atoms with Gasteiger partial charge in [0, 0.05) is 13.7 Å². The van der Waals surface area contributed by atoms with E-state index in [0.29, 0.717) is 6.42 Å². The number of methoxy groups -OCH3 is 1. The van der Waals surface area contributed by atoms with Gasteiger partial charge in [0.05, 0.1) is 12.2 Å². The molecular formula is C7H17NO3. The fraction of sp³-hybridized carbons (Fsp3) is 1.00. The molecule has 0 spiro atoms. The smallest absolute Gasteiger partial charge is 0.107 e. The van der Waals surface area contributed by atoms with Crippen molar-refractivity contribution in [3.8, 4) is 0 Å². The maximum absolute atomic E-state index is 9.32. The van der Waals surface area contributed by atoms with Crippen LogP contribution in [0, 0.1) is 0 Å². The Morgan fingerprint density at radius 2 is 2.00 bits per heavy atom. The maximum atomic E-state index is 9.32. The van der Waals surface area contributed by atoms with Gasteiger partial charge >= 0.3 is 0 Å². The van der Waals surface area contributed by atoms with Crippen molar-refractivity contribution < 1.29 is 14.9 Å². The average Bonchev–Trinajstić information content (AvgIpc) is 2.05. The zero-order chi connectivity index (χ0) is 8.85. The summed E-state index contributed by atoms with van der Waals surface area (Å²) >= 11 is 0. The first-order valence-corrected chi connectivity index (χ1v) is 3.76. The number of nitrogens with two attached hydrogens (primary N) is 1. The second-order valence-corrected chi connectivity index (χ2v) is 2.48. The fourth-order valence-corrected chi connectivity index (χ4v) is 0.864. The molecular weight excluding hydrogens is 146 g/mol. The van der Waals surface area contributed by atoms with E-state index in [9.17, 15) is 10.2 Å². The van der Waals surface area contributed by atoms with E-state index in [-0.39, 0.29) is 6.54 Å². The summed E-state index contributed by atoms with van der Waals surface area (Å²) in [7, 11) is 1.46. The molecule has 0 radical (unpaired) electrons. The molecule has 0 aromatic carbocycles. The van der Waals surface area contributed by atoms with Crippen molar-refractivity contribution in [1.29, 1.82) is 0 Å². The van der Waals surface area contributed by atoms with Crippen LogP contribution >= 0.6 is 0 Å². The molecule has 0 saturated heterocycles. The summed E-state index contributed by atoms with van der Waals surface area (Å²) in [5, 5.41) is 18.5. The predicted octanol–water partition coefficient (Wildman–Crippen LogP) is -0.908. The normalized spacial score (nSPS) is 19.4. The lowest BCUT2D eigenvalue weighted by atomic mass is 10.1. The second-order valence-electron chi connectivity index (χ2n) is 2.48. The Morgan fingerprint density at radius 3 is 2.27 bits per heavy atom. The number of hydrogen-bond acceptors (Lipinski definition) is 4. The van der Waals surface area contributed by atoms with Gasteiger partial charge in [0.15, 0.2) is 0 Å². The summed E-state index contributed by atoms with van der Waals surface area (Å²) in [5.41, 5.74) is 5.28. The van der Waals surface area contributed by atoms with E-state index in [1.807, 2.05) is 0 Å². The molecule has 0 rings (SSSR count). The van der Waals surface area contributed by atoms with Crippen LogP contribution in [0.2, 0.25) is 0 Å². The van der Waals surface area contributed by atoms with Crippen molar-refractivity contribution in [3.05, 3.63) is 0 Å². The molecule has 0 bridgehead atoms. The lowest BCUT2D eigenvalue weighted by molar-refractivity contribution is -0.0717. The van der Waals surface area contributed by atoms with Gasteiger partial charge in [0.1, 0.15) is 6.10 Å². The van der Waals surface area contributed by atoms with Crippen molar-refractivity contribution >= 4 is 0 Å². The molecule has 0 fully saturated rings. The molecule has 0 aromatic rings. The Morgan fingerprint density at radius 1 is 1.45 bits per heavy atom. The highest BCUT2D eigenvalue weighted by Gasteiger charge is 2.23. The largest absolute Gasteiger partial charge is 0.390 e. The Balaban J connectivity index is 3.86. The monoisotopic (exact) mass is 163 g/mol. The number of ether oxygens (including phenoxy) is 1. The molecule has 0 aliphatic carbocycles. The highest BCUT2D eigenvalue weighted by molar-refractivity contribution is 4.75. The van der Waals surface area contributed by atoms with Crippen molar-refractivity contribution in [3.63, 3.8) is 0 Å². The molecule has 2 unspecified atom stereocenters. The molecule has 0 amide bonds. The van der Waals surface area contributed by atoms with Crippen LogP contribution in [0.4, 0.5) is 0 Å². The Hall–Kier alpha value is -0.160. The van der Waals surface area contributed by atoms with E-state index >= 15 is 0 Å². The zero-order valence-electron chi connectivity index (χ0n) is 7.03. The van der Waals surface area contributed by atoms with Crippen LogP contribution in [0.5, 0.6) is 0 Å². The molecule has 0 heterocycles. The van der Waals surface area contributed by atoms with Gasteiger partial charge in [-0.2, -0.15) is 0 Å². The van der Waals surface area contributed by atoms with Crippen molar-refractivity contribution in [1.82, 2.24) is 0 Å². The van der Waals surface area contributed by atoms with Crippen molar-refractivity contribution in [2.24, 2.45) is 5.73 Å². The van der Waals surface area contributed by atoms with Gasteiger partial charge in [-0.3, -0.25) is 0 Å². The molecule has 4 nitrogen and oxygen atoms in total. The summed E-state index contributed by atoms with van der Waals surface area (Å²) in [5.74, 6) is 0. The van der Waals surface area contributed by atoms with Gasteiger partial charge in [-0.1, -0.05) is 6.92 Å². The standard InChI is InChI=1S/C7H17NO3/c1-3-5(9)7(10)6(4-8)11-2/h5-7,9-10H,3-4,8H2,1-2H3/t5?,6?,7-/m1/s1. The summed E-state index contributed by atoms with van der Waals surface area (Å²) in [4.78, 5) is 0. The second kappa shape index (κ2) is 5.49. The number of aliphatic hydroxyl groups excluding tert-OH is 2. The van der Waals surface area contributed by atoms with Gasteiger partial charge < -0.3 is 20.7 Å². The average molecular weight is 163 g/mol. The van der Waals surface area contributed by atoms with Crippen molar-refractivity contribution in [2.75, 3.05) is 13.7 Å². The highest BCUT2D eigenvalue weighted by atomic mass is 16.5. The molecule has 68 valence electrons. The first kappa shape index (κ1) is 10.8. The lowest BCUT2D eigenvalue weighted by Crippen LogP contribution is -2.42. The first-order chi connectivity index (χ1) is 5.17. The van der Waals surface area contributed by atoms with Gasteiger partial charge in [-0.05, 0) is 6.42 Å². The van der Waals surface area contributed by atoms with E-state index in [2.05, 4.69) is 0 Å². The number of rotatable bonds is 5. The van der Waals surface area contributed by atoms with Crippen LogP contribution in [-0.2, 0) is 4.74 Å². The lowest BCUT2D eigenvalue weighted by Gasteiger charge is -2.23. The predicted molar refractivity (Wildman–Crippen MR) is 42.2 cm³/mol. The number of aliphatic hydroxyl groups is 2. The van der Waals surface area contributed by atoms with Crippen LogP contribution < -0.4 is 5.73 Å². The molecule has 4 heteroatoms. The van der Waals surface area contributed by atoms with E-state index < -0.39 is 18.3 Å². The van der Waals surface area contributed by atoms with E-state index in [1.165, 1.54) is 7.11 Å². The van der Waals surface area contributed by atoms with Gasteiger partial charge in [0.2, 0.25) is 0 Å². The van der Waals surface area contributed by atoms with E-state index in [4.69, 9.17) is 10.5 Å². The quantitative estimate of drug-likeness (QED) is 0.490. The Kier molecular flexibility index (Phi) is 5.41. The van der Waals surface area contributed by atoms with Crippen LogP contribution in [0.15, 0.2) is 0 Å². The minimum absolute atomic E-state index is 0.217. The minimum atomic E-state index is -0.880. The molecule has 0 aliphatic heterocycles. The van der Waals surface area contributed by atoms with Gasteiger partial charge in [-0.25, -0.2) is 0 Å². The summed E-state index contributed by atoms with van der Waals surface area (Å²) in [6.07, 6.45) is -1.59. The van der Waals surface area contributed by atoms with Gasteiger partial charge in [-0.15, -0.1) is 0 Å². The van der Waals surface area contributed by atoms with Crippen LogP contribution in [0.3, 0.4) is 0 Å². The fourth-order valence-electron chi connectivity index (χ4n) is 0.864. The first-order valence-electron chi connectivity index (χ1n) is 3.76. The third-order valence-corrected chi connectivity index (χ3v) is 1.73. The third-order valence-electron chi connectivity index (χ3n) is 1.73. The van der Waals surface area contributed by atoms with Crippen LogP contribution in [0.1, 0.15) is 13.3 Å². The Bertz CT molecular complexity index is 95.7. The maximum Gasteiger partial charge on any atom is 0.107 e. The highest BCUT2D eigenvalue weighted by Crippen LogP contribution is 2.04. The molecule has 3 atom stereocenters. The number of hydrogen-bond donors (Lipinski definition) is 3. The minimum Gasteiger partial charge on any atom is -0.390 e. The topological polar surface area (TPSA) is 75.7 Å². The molecule has 0 saturated carbocycles. The summed E-state index contributed by atoms with van der Waals surface area (Å²) in [6, 6.07) is 0.